The van der Waals surface area contributed by atoms with Crippen LogP contribution < -0.4 is 16.2 Å². The highest BCUT2D eigenvalue weighted by atomic mass is 80.9. The molecule has 0 amide bonds. The number of methoxy groups -OCH3 is 1. The predicted molar refractivity (Wildman–Crippen MR) is 298 cm³/mol. The molecule has 30 heteroatoms. The average molecular weight is 1260 g/mol. The molecule has 0 aliphatic carbocycles. The van der Waals surface area contributed by atoms with Crippen molar-refractivity contribution in [2.45, 2.75) is 19.6 Å². The molecule has 0 bridgehead atoms. The topological polar surface area (TPSA) is 327 Å². The van der Waals surface area contributed by atoms with E-state index in [1.54, 1.807) is 62.5 Å². The molecule has 388 valence electrons. The molecule has 0 fully saturated rings. The Morgan fingerprint density at radius 2 is 0.935 bits per heavy atom. The Bertz CT molecular complexity index is 3790. The summed E-state index contributed by atoms with van der Waals surface area (Å²) in [5.74, 6) is 0.532. The monoisotopic (exact) mass is 1260 g/mol. The number of anilines is 2. The van der Waals surface area contributed by atoms with Crippen molar-refractivity contribution in [2.24, 2.45) is 0 Å². The van der Waals surface area contributed by atoms with E-state index in [9.17, 15) is 0 Å². The number of nitriles is 3. The van der Waals surface area contributed by atoms with Gasteiger partial charge in [-0.15, -0.1) is 0 Å². The van der Waals surface area contributed by atoms with Crippen LogP contribution >= 0.6 is 86.3 Å². The van der Waals surface area contributed by atoms with E-state index in [0.717, 1.165) is 16.7 Å². The maximum absolute atomic E-state index is 8.86. The van der Waals surface area contributed by atoms with Gasteiger partial charge in [-0.3, -0.25) is 0 Å². The molecule has 77 heavy (non-hydrogen) atoms. The number of nitrogens with one attached hydrogen (secondary N) is 1. The van der Waals surface area contributed by atoms with Crippen LogP contribution in [0.1, 0.15) is 33.4 Å². The summed E-state index contributed by atoms with van der Waals surface area (Å²) in [4.78, 5) is 51.3. The van der Waals surface area contributed by atoms with E-state index in [2.05, 4.69) is 111 Å². The standard InChI is InChI=1S/C16H16N6O2.C13H7Cl2N5.C13H9ClN6.C5H2Cl2N4.Br2/c1-23-6-7-24-16-20-14(18)13-15(21-16)22(10-19-13)9-12-4-2-11(8-17)3-5-12;14-11-10-12(19-13(15)18-11)20(7-17-10)6-9-3-1-8(5-16)2-4-9;14-13-18-11(16)10-12(19-13)20(7-17-10)6-9-3-1-8(5-15)2-4-9;6-3-2-4(9-1-8-2)11-5(7)10-3;1-2/h2-5,10H,6-7,9H2,1H3,(H2,18,20,21);1-4,7H,6H2;1-4,7H,6H2,(H2,16,18,19);1H,(H,8,9,10,11);. The fourth-order valence-corrected chi connectivity index (χ4v) is 7.83. The number of rotatable bonds is 10. The van der Waals surface area contributed by atoms with Crippen LogP contribution in [0.15, 0.2) is 98.1 Å². The second-order valence-corrected chi connectivity index (χ2v) is 17.1. The molecule has 0 radical (unpaired) electrons. The molecule has 3 aromatic carbocycles. The first-order chi connectivity index (χ1) is 37.3. The third kappa shape index (κ3) is 14.7. The minimum atomic E-state index is 0.0871. The van der Waals surface area contributed by atoms with Gasteiger partial charge in [-0.1, -0.05) is 59.6 Å². The zero-order valence-electron chi connectivity index (χ0n) is 39.4. The van der Waals surface area contributed by atoms with Crippen molar-refractivity contribution in [3.05, 3.63) is 158 Å². The summed E-state index contributed by atoms with van der Waals surface area (Å²) in [5, 5.41) is 27.2. The molecule has 0 aliphatic heterocycles. The van der Waals surface area contributed by atoms with Crippen molar-refractivity contribution < 1.29 is 9.47 Å². The van der Waals surface area contributed by atoms with Crippen molar-refractivity contribution in [3.63, 3.8) is 0 Å². The molecule has 0 saturated carbocycles. The number of nitrogens with two attached hydrogens (primary N) is 2. The molecule has 0 unspecified atom stereocenters. The van der Waals surface area contributed by atoms with Gasteiger partial charge in [-0.25, -0.2) is 29.9 Å². The number of halogens is 7. The Balaban J connectivity index is 0.000000151. The quantitative estimate of drug-likeness (QED) is 0.0651. The molecule has 0 spiro atoms. The van der Waals surface area contributed by atoms with Crippen LogP contribution in [0.4, 0.5) is 11.6 Å². The SMILES string of the molecule is BrBr.COCCOc1nc(N)c2ncn(Cc3ccc(C#N)cc3)c2n1.Clc1nc(Cl)c2[nH]cnc2n1.N#Cc1ccc(Cn2cnc3c(Cl)nc(Cl)nc32)cc1.N#Cc1ccc(Cn2cnc3c(N)nc(Cl)nc32)cc1. The number of H-pyrrole nitrogens is 1. The molecule has 23 nitrogen and oxygen atoms in total. The Labute approximate surface area is 476 Å². The van der Waals surface area contributed by atoms with E-state index in [4.69, 9.17) is 94.7 Å². The van der Waals surface area contributed by atoms with Gasteiger partial charge >= 0.3 is 6.01 Å². The fraction of sp³-hybridized carbons (Fsp3) is 0.128. The number of imidazole rings is 4. The lowest BCUT2D eigenvalue weighted by atomic mass is 10.1. The number of ether oxygens (including phenoxy) is 2. The van der Waals surface area contributed by atoms with E-state index in [0.29, 0.717) is 94.2 Å². The molecule has 8 aromatic heterocycles. The second-order valence-electron chi connectivity index (χ2n) is 15.3. The first-order valence-corrected chi connectivity index (χ1v) is 27.3. The molecule has 5 N–H and O–H groups in total. The van der Waals surface area contributed by atoms with E-state index < -0.39 is 0 Å². The third-order valence-corrected chi connectivity index (χ3v) is 11.4. The number of aromatic amines is 1. The van der Waals surface area contributed by atoms with Gasteiger partial charge in [0, 0.05) is 35.4 Å². The lowest BCUT2D eigenvalue weighted by Gasteiger charge is -2.07. The van der Waals surface area contributed by atoms with Gasteiger partial charge < -0.3 is 39.6 Å². The number of aromatic nitrogens is 16. The number of hydrogen-bond donors (Lipinski definition) is 3. The van der Waals surface area contributed by atoms with Gasteiger partial charge in [0.2, 0.25) is 15.9 Å². The van der Waals surface area contributed by atoms with E-state index >= 15 is 0 Å². The first-order valence-electron chi connectivity index (χ1n) is 21.7. The largest absolute Gasteiger partial charge is 0.461 e. The van der Waals surface area contributed by atoms with Crippen molar-refractivity contribution in [2.75, 3.05) is 31.8 Å². The minimum Gasteiger partial charge on any atom is -0.461 e. The summed E-state index contributed by atoms with van der Waals surface area (Å²) in [7, 11) is 1.59. The van der Waals surface area contributed by atoms with Crippen LogP contribution in [0, 0.1) is 34.0 Å². The van der Waals surface area contributed by atoms with Gasteiger partial charge in [0.25, 0.3) is 0 Å². The zero-order chi connectivity index (χ0) is 55.0. The van der Waals surface area contributed by atoms with Crippen LogP contribution in [0.2, 0.25) is 26.2 Å². The summed E-state index contributed by atoms with van der Waals surface area (Å²) in [5.41, 5.74) is 21.1. The maximum atomic E-state index is 8.86. The normalized spacial score (nSPS) is 10.5. The van der Waals surface area contributed by atoms with Gasteiger partial charge in [-0.05, 0) is 87.9 Å². The maximum Gasteiger partial charge on any atom is 0.320 e. The van der Waals surface area contributed by atoms with Crippen molar-refractivity contribution >= 4 is 143 Å². The van der Waals surface area contributed by atoms with E-state index in [1.165, 1.54) is 6.33 Å². The summed E-state index contributed by atoms with van der Waals surface area (Å²) in [6, 6.07) is 28.4. The Hall–Kier alpha value is -7.90. The summed E-state index contributed by atoms with van der Waals surface area (Å²) in [6.45, 7) is 2.45. The number of nitrogens with zero attached hydrogens (tertiary/aromatic N) is 18. The number of fused-ring (bicyclic) bond motifs is 4. The van der Waals surface area contributed by atoms with Crippen molar-refractivity contribution in [3.8, 4) is 24.2 Å². The minimum absolute atomic E-state index is 0.0871. The van der Waals surface area contributed by atoms with Crippen LogP contribution in [0.5, 0.6) is 6.01 Å². The van der Waals surface area contributed by atoms with E-state index in [1.807, 2.05) is 50.1 Å². The van der Waals surface area contributed by atoms with Gasteiger partial charge in [0.1, 0.15) is 23.2 Å². The van der Waals surface area contributed by atoms with Crippen LogP contribution in [-0.4, -0.2) is 98.8 Å². The van der Waals surface area contributed by atoms with Gasteiger partial charge in [0.05, 0.1) is 86.4 Å². The third-order valence-electron chi connectivity index (χ3n) is 10.4. The molecule has 0 aliphatic rings. The Kier molecular flexibility index (Phi) is 20.1. The van der Waals surface area contributed by atoms with E-state index in [-0.39, 0.29) is 43.8 Å². The highest BCUT2D eigenvalue weighted by Gasteiger charge is 2.15. The lowest BCUT2D eigenvalue weighted by molar-refractivity contribution is 0.141. The smallest absolute Gasteiger partial charge is 0.320 e. The Morgan fingerprint density at radius 3 is 1.42 bits per heavy atom. The predicted octanol–water partition coefficient (Wildman–Crippen LogP) is 9.74. The molecule has 8 heterocycles. The zero-order valence-corrected chi connectivity index (χ0v) is 46.4. The molecular weight excluding hydrogens is 1230 g/mol. The fourth-order valence-electron chi connectivity index (χ4n) is 6.81. The average Bonchev–Trinajstić information content (AvgIpc) is 4.30. The first kappa shape index (κ1) is 56.8. The van der Waals surface area contributed by atoms with Crippen molar-refractivity contribution in [1.29, 1.82) is 15.8 Å². The van der Waals surface area contributed by atoms with Crippen LogP contribution in [0.3, 0.4) is 0 Å². The van der Waals surface area contributed by atoms with Gasteiger partial charge in [0.15, 0.2) is 50.0 Å². The van der Waals surface area contributed by atoms with Crippen LogP contribution in [0.25, 0.3) is 44.7 Å². The van der Waals surface area contributed by atoms with Crippen LogP contribution in [-0.2, 0) is 24.4 Å². The molecule has 11 aromatic rings. The number of nitrogen functional groups attached to an aromatic ring is 2. The van der Waals surface area contributed by atoms with Crippen molar-refractivity contribution in [1.82, 2.24) is 78.5 Å². The highest BCUT2D eigenvalue weighted by molar-refractivity contribution is 9.93. The Morgan fingerprint density at radius 1 is 0.519 bits per heavy atom. The summed E-state index contributed by atoms with van der Waals surface area (Å²) < 4.78 is 15.9. The molecule has 11 rings (SSSR count). The van der Waals surface area contributed by atoms with Gasteiger partial charge in [-0.2, -0.15) is 45.7 Å². The molecular formula is C47H34Br2Cl5N21O2. The number of hydrogen-bond acceptors (Lipinski definition) is 19. The molecule has 0 atom stereocenters. The lowest BCUT2D eigenvalue weighted by Crippen LogP contribution is -2.09. The highest BCUT2D eigenvalue weighted by Crippen LogP contribution is 2.24. The summed E-state index contributed by atoms with van der Waals surface area (Å²) in [6.07, 6.45) is 6.43. The second kappa shape index (κ2) is 27.2. The summed E-state index contributed by atoms with van der Waals surface area (Å²) >= 11 is 34.3. The molecule has 0 saturated heterocycles. The number of benzene rings is 3.